The molecule has 1 saturated heterocycles. The van der Waals surface area contributed by atoms with Crippen molar-refractivity contribution in [1.82, 2.24) is 0 Å². The maximum Gasteiger partial charge on any atom is 0.343 e. The Morgan fingerprint density at radius 1 is 1.69 bits per heavy atom. The minimum absolute atomic E-state index is 0.196. The Morgan fingerprint density at radius 3 is 2.23 bits per heavy atom. The molecule has 1 unspecified atom stereocenters. The van der Waals surface area contributed by atoms with Gasteiger partial charge in [0.15, 0.2) is 6.10 Å². The molecule has 13 heavy (non-hydrogen) atoms. The molecule has 0 aromatic carbocycles. The van der Waals surface area contributed by atoms with Gasteiger partial charge in [0.05, 0.1) is 6.42 Å². The molecule has 0 bridgehead atoms. The van der Waals surface area contributed by atoms with E-state index in [1.807, 2.05) is 6.92 Å². The number of rotatable bonds is 1. The van der Waals surface area contributed by atoms with Gasteiger partial charge in [-0.15, -0.1) is 0 Å². The summed E-state index contributed by atoms with van der Waals surface area (Å²) >= 11 is 0. The molecule has 4 nitrogen and oxygen atoms in total. The molecule has 0 aromatic rings. The van der Waals surface area contributed by atoms with E-state index in [1.54, 1.807) is 6.08 Å². The lowest BCUT2D eigenvalue weighted by Crippen LogP contribution is -2.11. The van der Waals surface area contributed by atoms with E-state index >= 15 is 0 Å². The first kappa shape index (κ1) is 11.6. The molecule has 1 atom stereocenters. The third-order valence-corrected chi connectivity index (χ3v) is 1.19. The van der Waals surface area contributed by atoms with Crippen LogP contribution >= 0.6 is 0 Å². The zero-order valence-corrected chi connectivity index (χ0v) is 7.45. The van der Waals surface area contributed by atoms with Crippen molar-refractivity contribution in [2.24, 2.45) is 0 Å². The fraction of sp³-hybridized carbons (Fsp3) is 0.333. The summed E-state index contributed by atoms with van der Waals surface area (Å²) in [5.41, 5.74) is 1.02. The van der Waals surface area contributed by atoms with Gasteiger partial charge in [-0.1, -0.05) is 24.8 Å². The lowest BCUT2D eigenvalue weighted by Gasteiger charge is -1.86. The summed E-state index contributed by atoms with van der Waals surface area (Å²) in [5, 5.41) is 8.47. The van der Waals surface area contributed by atoms with Crippen LogP contribution in [0.5, 0.6) is 0 Å². The van der Waals surface area contributed by atoms with Crippen LogP contribution in [-0.2, 0) is 14.3 Å². The minimum atomic E-state index is -1.22. The molecule has 1 N–H and O–H groups in total. The zero-order valence-electron chi connectivity index (χ0n) is 7.45. The summed E-state index contributed by atoms with van der Waals surface area (Å²) in [4.78, 5) is 20.2. The van der Waals surface area contributed by atoms with Crippen molar-refractivity contribution in [3.63, 3.8) is 0 Å². The van der Waals surface area contributed by atoms with Crippen molar-refractivity contribution in [2.45, 2.75) is 19.4 Å². The highest BCUT2D eigenvalue weighted by Crippen LogP contribution is 2.05. The van der Waals surface area contributed by atoms with Crippen LogP contribution in [0.15, 0.2) is 24.8 Å². The molecule has 1 rings (SSSR count). The first-order valence-electron chi connectivity index (χ1n) is 3.68. The Morgan fingerprint density at radius 2 is 2.15 bits per heavy atom. The molecule has 72 valence electrons. The molecule has 0 aliphatic carbocycles. The van der Waals surface area contributed by atoms with E-state index in [-0.39, 0.29) is 6.42 Å². The summed E-state index contributed by atoms with van der Waals surface area (Å²) < 4.78 is 3.95. The van der Waals surface area contributed by atoms with Gasteiger partial charge in [-0.25, -0.2) is 4.79 Å². The second kappa shape index (κ2) is 5.27. The number of ether oxygens (including phenoxy) is 1. The number of carbonyl (C=O) groups excluding carboxylic acids is 2. The Labute approximate surface area is 76.5 Å². The Balaban J connectivity index is 0.000000252. The van der Waals surface area contributed by atoms with Crippen molar-refractivity contribution in [1.29, 1.82) is 0 Å². The first-order chi connectivity index (χ1) is 5.97. The fourth-order valence-corrected chi connectivity index (χ4v) is 0.463. The highest BCUT2D eigenvalue weighted by molar-refractivity contribution is 5.95. The highest BCUT2D eigenvalue weighted by Gasteiger charge is 2.30. The van der Waals surface area contributed by atoms with Crippen molar-refractivity contribution in [3.05, 3.63) is 24.8 Å². The molecule has 0 saturated carbocycles. The molecule has 1 fully saturated rings. The highest BCUT2D eigenvalue weighted by atomic mass is 16.6. The van der Waals surface area contributed by atoms with Gasteiger partial charge in [0.2, 0.25) is 0 Å². The third kappa shape index (κ3) is 4.92. The first-order valence-corrected chi connectivity index (χ1v) is 3.68. The molecule has 0 amide bonds. The fourth-order valence-electron chi connectivity index (χ4n) is 0.463. The summed E-state index contributed by atoms with van der Waals surface area (Å²) in [6.45, 7) is 8.93. The lowest BCUT2D eigenvalue weighted by molar-refractivity contribution is -0.154. The van der Waals surface area contributed by atoms with Crippen molar-refractivity contribution in [2.75, 3.05) is 0 Å². The Kier molecular flexibility index (Phi) is 4.69. The Hall–Kier alpha value is -1.42. The minimum Gasteiger partial charge on any atom is -0.391 e. The predicted molar refractivity (Wildman–Crippen MR) is 46.7 cm³/mol. The van der Waals surface area contributed by atoms with Crippen molar-refractivity contribution in [3.8, 4) is 0 Å². The van der Waals surface area contributed by atoms with Gasteiger partial charge in [0.1, 0.15) is 0 Å². The van der Waals surface area contributed by atoms with E-state index in [0.29, 0.717) is 0 Å². The van der Waals surface area contributed by atoms with Crippen LogP contribution in [0.2, 0.25) is 0 Å². The summed E-state index contributed by atoms with van der Waals surface area (Å²) in [6.07, 6.45) is 0.307. The normalized spacial score (nSPS) is 20.0. The molecule has 1 aliphatic heterocycles. The standard InChI is InChI=1S/C5H8.C4H4O4/c1-4-5(2)3;5-2-1-3(6)8-4(2)7/h4H,1-2H2,3H3;2,5H,1H2. The molecule has 1 aliphatic rings. The van der Waals surface area contributed by atoms with E-state index in [9.17, 15) is 9.59 Å². The average molecular weight is 184 g/mol. The van der Waals surface area contributed by atoms with E-state index in [4.69, 9.17) is 5.11 Å². The molecule has 4 heteroatoms. The van der Waals surface area contributed by atoms with Gasteiger partial charge >= 0.3 is 11.9 Å². The van der Waals surface area contributed by atoms with Crippen LogP contribution < -0.4 is 0 Å². The molecule has 0 radical (unpaired) electrons. The van der Waals surface area contributed by atoms with Gasteiger partial charge in [-0.05, 0) is 6.92 Å². The van der Waals surface area contributed by atoms with E-state index in [0.717, 1.165) is 5.57 Å². The number of cyclic esters (lactones) is 2. The molecular weight excluding hydrogens is 172 g/mol. The Bertz CT molecular complexity index is 242. The van der Waals surface area contributed by atoms with Crippen molar-refractivity contribution < 1.29 is 19.4 Å². The monoisotopic (exact) mass is 184 g/mol. The number of aliphatic hydroxyl groups is 1. The number of esters is 2. The van der Waals surface area contributed by atoms with E-state index in [2.05, 4.69) is 17.9 Å². The third-order valence-electron chi connectivity index (χ3n) is 1.19. The second-order valence-corrected chi connectivity index (χ2v) is 2.56. The molecule has 0 spiro atoms. The van der Waals surface area contributed by atoms with Gasteiger partial charge in [-0.2, -0.15) is 0 Å². The largest absolute Gasteiger partial charge is 0.391 e. The summed E-state index contributed by atoms with van der Waals surface area (Å²) in [7, 11) is 0. The summed E-state index contributed by atoms with van der Waals surface area (Å²) in [6, 6.07) is 0. The average Bonchev–Trinajstić information content (AvgIpc) is 2.31. The quantitative estimate of drug-likeness (QED) is 0.367. The van der Waals surface area contributed by atoms with Crippen molar-refractivity contribution >= 4 is 11.9 Å². The zero-order chi connectivity index (χ0) is 10.4. The van der Waals surface area contributed by atoms with Crippen LogP contribution in [0.1, 0.15) is 13.3 Å². The number of allylic oxidation sites excluding steroid dienone is 2. The SMILES string of the molecule is C=CC(=C)C.O=C1CC(O)C(=O)O1. The smallest absolute Gasteiger partial charge is 0.343 e. The predicted octanol–water partition coefficient (Wildman–Crippen LogP) is 0.569. The van der Waals surface area contributed by atoms with Crippen LogP contribution in [0.3, 0.4) is 0 Å². The van der Waals surface area contributed by atoms with Crippen LogP contribution in [0.4, 0.5) is 0 Å². The number of hydrogen-bond acceptors (Lipinski definition) is 4. The molecular formula is C9H12O4. The topological polar surface area (TPSA) is 63.6 Å². The number of carbonyl (C=O) groups is 2. The molecule has 0 aromatic heterocycles. The summed E-state index contributed by atoms with van der Waals surface area (Å²) in [5.74, 6) is -1.49. The van der Waals surface area contributed by atoms with Gasteiger partial charge in [0, 0.05) is 0 Å². The number of aliphatic hydroxyl groups excluding tert-OH is 1. The van der Waals surface area contributed by atoms with Gasteiger partial charge in [0.25, 0.3) is 0 Å². The van der Waals surface area contributed by atoms with Gasteiger partial charge in [-0.3, -0.25) is 4.79 Å². The lowest BCUT2D eigenvalue weighted by atomic mass is 10.3. The van der Waals surface area contributed by atoms with Crippen LogP contribution in [0, 0.1) is 0 Å². The number of hydrogen-bond donors (Lipinski definition) is 1. The second-order valence-electron chi connectivity index (χ2n) is 2.56. The van der Waals surface area contributed by atoms with E-state index < -0.39 is 18.0 Å². The van der Waals surface area contributed by atoms with E-state index in [1.165, 1.54) is 0 Å². The maximum atomic E-state index is 10.1. The maximum absolute atomic E-state index is 10.1. The van der Waals surface area contributed by atoms with Crippen LogP contribution in [-0.4, -0.2) is 23.1 Å². The van der Waals surface area contributed by atoms with Gasteiger partial charge < -0.3 is 9.84 Å². The van der Waals surface area contributed by atoms with Crippen LogP contribution in [0.25, 0.3) is 0 Å². The molecule has 1 heterocycles.